The van der Waals surface area contributed by atoms with Crippen LogP contribution in [0.25, 0.3) is 0 Å². The van der Waals surface area contributed by atoms with Gasteiger partial charge in [0.15, 0.2) is 0 Å². The summed E-state index contributed by atoms with van der Waals surface area (Å²) in [5.41, 5.74) is -0.433. The minimum absolute atomic E-state index is 0.0209. The Kier molecular flexibility index (Phi) is 5.78. The van der Waals surface area contributed by atoms with Gasteiger partial charge in [-0.05, 0) is 85.9 Å². The molecule has 3 heteroatoms. The van der Waals surface area contributed by atoms with Gasteiger partial charge in [0.1, 0.15) is 11.6 Å². The van der Waals surface area contributed by atoms with Crippen LogP contribution < -0.4 is 0 Å². The lowest BCUT2D eigenvalue weighted by molar-refractivity contribution is -0.162. The monoisotopic (exact) mass is 416 g/mol. The topological polar surface area (TPSA) is 54.4 Å². The van der Waals surface area contributed by atoms with E-state index in [9.17, 15) is 14.7 Å². The SMILES string of the molecule is CC(C)CCC[C@](C)(O)[C@H]1CC[C@H]2[C@@H]3CC(=O)C4CC(=O)CC[C@]4(C)[C@H]3CC[C@@]21C. The Hall–Kier alpha value is -0.700. The Balaban J connectivity index is 1.55. The summed E-state index contributed by atoms with van der Waals surface area (Å²) in [5.74, 6) is 3.26. The minimum atomic E-state index is -0.604. The molecule has 4 aliphatic rings. The third-order valence-electron chi connectivity index (χ3n) is 10.5. The normalized spacial score (nSPS) is 45.6. The van der Waals surface area contributed by atoms with Crippen molar-refractivity contribution in [1.29, 1.82) is 0 Å². The van der Waals surface area contributed by atoms with Gasteiger partial charge in [-0.2, -0.15) is 0 Å². The van der Waals surface area contributed by atoms with E-state index in [1.165, 1.54) is 19.3 Å². The number of ketones is 2. The molecule has 30 heavy (non-hydrogen) atoms. The molecule has 170 valence electrons. The first-order valence-corrected chi connectivity index (χ1v) is 12.8. The molecular weight excluding hydrogens is 372 g/mol. The van der Waals surface area contributed by atoms with Crippen molar-refractivity contribution < 1.29 is 14.7 Å². The van der Waals surface area contributed by atoms with E-state index in [2.05, 4.69) is 34.6 Å². The number of fused-ring (bicyclic) bond motifs is 5. The number of rotatable bonds is 5. The second-order valence-corrected chi connectivity index (χ2v) is 12.7. The third-order valence-corrected chi connectivity index (χ3v) is 10.5. The molecule has 0 aromatic heterocycles. The Bertz CT molecular complexity index is 694. The molecule has 0 radical (unpaired) electrons. The van der Waals surface area contributed by atoms with Crippen molar-refractivity contribution in [3.05, 3.63) is 0 Å². The van der Waals surface area contributed by atoms with Crippen LogP contribution in [0.2, 0.25) is 0 Å². The zero-order valence-electron chi connectivity index (χ0n) is 20.0. The Morgan fingerprint density at radius 1 is 1.03 bits per heavy atom. The van der Waals surface area contributed by atoms with Crippen LogP contribution >= 0.6 is 0 Å². The van der Waals surface area contributed by atoms with Crippen molar-refractivity contribution in [2.45, 2.75) is 111 Å². The highest BCUT2D eigenvalue weighted by atomic mass is 16.3. The van der Waals surface area contributed by atoms with Crippen LogP contribution in [0, 0.1) is 46.3 Å². The maximum Gasteiger partial charge on any atom is 0.137 e. The van der Waals surface area contributed by atoms with Crippen LogP contribution in [-0.2, 0) is 9.59 Å². The van der Waals surface area contributed by atoms with E-state index in [4.69, 9.17) is 0 Å². The first-order chi connectivity index (χ1) is 14.0. The highest BCUT2D eigenvalue weighted by Crippen LogP contribution is 2.68. The molecule has 1 unspecified atom stereocenters. The van der Waals surface area contributed by atoms with Crippen molar-refractivity contribution >= 4 is 11.6 Å². The van der Waals surface area contributed by atoms with Gasteiger partial charge in [-0.3, -0.25) is 9.59 Å². The molecule has 8 atom stereocenters. The molecule has 0 amide bonds. The predicted octanol–water partition coefficient (Wildman–Crippen LogP) is 5.97. The summed E-state index contributed by atoms with van der Waals surface area (Å²) in [4.78, 5) is 25.3. The van der Waals surface area contributed by atoms with Gasteiger partial charge < -0.3 is 5.11 Å². The van der Waals surface area contributed by atoms with Gasteiger partial charge in [-0.1, -0.05) is 40.5 Å². The smallest absolute Gasteiger partial charge is 0.137 e. The quantitative estimate of drug-likeness (QED) is 0.600. The second-order valence-electron chi connectivity index (χ2n) is 12.7. The molecule has 0 heterocycles. The van der Waals surface area contributed by atoms with Gasteiger partial charge in [-0.25, -0.2) is 0 Å². The van der Waals surface area contributed by atoms with Crippen LogP contribution in [0.5, 0.6) is 0 Å². The van der Waals surface area contributed by atoms with Crippen molar-refractivity contribution in [3.63, 3.8) is 0 Å². The summed E-state index contributed by atoms with van der Waals surface area (Å²) in [6, 6.07) is 0. The standard InChI is InChI=1S/C27H44O3/c1-17(2)7-6-12-27(5,30)24-9-8-20-19-16-23(29)22-15-18(28)10-13-25(22,3)21(19)11-14-26(20,24)4/h17,19-22,24,30H,6-16H2,1-5H3/t19-,20-,21-,22?,24-,25+,26-,27-/m0/s1. The van der Waals surface area contributed by atoms with Crippen molar-refractivity contribution in [2.24, 2.45) is 46.3 Å². The molecule has 4 fully saturated rings. The molecular formula is C27H44O3. The van der Waals surface area contributed by atoms with Gasteiger partial charge in [0.05, 0.1) is 5.60 Å². The fourth-order valence-electron chi connectivity index (χ4n) is 8.90. The van der Waals surface area contributed by atoms with Crippen LogP contribution in [0.1, 0.15) is 105 Å². The molecule has 4 saturated carbocycles. The predicted molar refractivity (Wildman–Crippen MR) is 120 cm³/mol. The molecule has 3 nitrogen and oxygen atoms in total. The molecule has 4 aliphatic carbocycles. The Morgan fingerprint density at radius 2 is 1.73 bits per heavy atom. The number of carbonyl (C=O) groups is 2. The lowest BCUT2D eigenvalue weighted by Gasteiger charge is -2.60. The number of Topliss-reactive ketones (excluding diaryl/α,β-unsaturated/α-hetero) is 2. The maximum absolute atomic E-state index is 13.2. The van der Waals surface area contributed by atoms with Gasteiger partial charge >= 0.3 is 0 Å². The van der Waals surface area contributed by atoms with Crippen molar-refractivity contribution in [1.82, 2.24) is 0 Å². The van der Waals surface area contributed by atoms with Crippen LogP contribution in [0.15, 0.2) is 0 Å². The van der Waals surface area contributed by atoms with Crippen LogP contribution in [0.3, 0.4) is 0 Å². The zero-order valence-corrected chi connectivity index (χ0v) is 20.0. The average Bonchev–Trinajstić information content (AvgIpc) is 3.01. The molecule has 0 saturated heterocycles. The molecule has 4 rings (SSSR count). The van der Waals surface area contributed by atoms with E-state index in [1.54, 1.807) is 0 Å². The summed E-state index contributed by atoms with van der Waals surface area (Å²) in [6.45, 7) is 11.4. The molecule has 1 N–H and O–H groups in total. The Labute approximate surface area is 183 Å². The lowest BCUT2D eigenvalue weighted by Crippen LogP contribution is -2.57. The summed E-state index contributed by atoms with van der Waals surface area (Å²) in [7, 11) is 0. The van der Waals surface area contributed by atoms with Gasteiger partial charge in [-0.15, -0.1) is 0 Å². The molecule has 0 bridgehead atoms. The minimum Gasteiger partial charge on any atom is -0.390 e. The fraction of sp³-hybridized carbons (Fsp3) is 0.926. The third kappa shape index (κ3) is 3.51. The number of hydrogen-bond donors (Lipinski definition) is 1. The zero-order chi connectivity index (χ0) is 21.9. The van der Waals surface area contributed by atoms with Crippen LogP contribution in [-0.4, -0.2) is 22.3 Å². The van der Waals surface area contributed by atoms with Crippen LogP contribution in [0.4, 0.5) is 0 Å². The van der Waals surface area contributed by atoms with E-state index in [0.29, 0.717) is 60.4 Å². The Morgan fingerprint density at radius 3 is 2.43 bits per heavy atom. The molecule has 0 aromatic rings. The summed E-state index contributed by atoms with van der Waals surface area (Å²) < 4.78 is 0. The van der Waals surface area contributed by atoms with Gasteiger partial charge in [0.25, 0.3) is 0 Å². The first kappa shape index (κ1) is 22.5. The summed E-state index contributed by atoms with van der Waals surface area (Å²) in [5, 5.41) is 11.5. The van der Waals surface area contributed by atoms with Crippen molar-refractivity contribution in [3.8, 4) is 0 Å². The first-order valence-electron chi connectivity index (χ1n) is 12.8. The van der Waals surface area contributed by atoms with E-state index in [-0.39, 0.29) is 16.7 Å². The maximum atomic E-state index is 13.2. The lowest BCUT2D eigenvalue weighted by atomic mass is 9.44. The van der Waals surface area contributed by atoms with E-state index in [1.807, 2.05) is 0 Å². The largest absolute Gasteiger partial charge is 0.390 e. The second kappa shape index (κ2) is 7.71. The van der Waals surface area contributed by atoms with Crippen molar-refractivity contribution in [2.75, 3.05) is 0 Å². The van der Waals surface area contributed by atoms with Gasteiger partial charge in [0, 0.05) is 25.2 Å². The fourth-order valence-corrected chi connectivity index (χ4v) is 8.90. The highest BCUT2D eigenvalue weighted by molar-refractivity contribution is 5.90. The van der Waals surface area contributed by atoms with Gasteiger partial charge in [0.2, 0.25) is 0 Å². The van der Waals surface area contributed by atoms with E-state index >= 15 is 0 Å². The molecule has 0 spiro atoms. The highest BCUT2D eigenvalue weighted by Gasteiger charge is 2.63. The summed E-state index contributed by atoms with van der Waals surface area (Å²) in [6.07, 6.45) is 10.5. The van der Waals surface area contributed by atoms with E-state index in [0.717, 1.165) is 32.1 Å². The molecule has 0 aliphatic heterocycles. The summed E-state index contributed by atoms with van der Waals surface area (Å²) >= 11 is 0. The average molecular weight is 417 g/mol. The number of carbonyl (C=O) groups excluding carboxylic acids is 2. The molecule has 0 aromatic carbocycles. The number of hydrogen-bond acceptors (Lipinski definition) is 3. The van der Waals surface area contributed by atoms with E-state index < -0.39 is 5.60 Å². The number of aliphatic hydroxyl groups is 1.